The molecule has 0 atom stereocenters. The number of rotatable bonds is 6. The van der Waals surface area contributed by atoms with Crippen molar-refractivity contribution in [2.24, 2.45) is 0 Å². The van der Waals surface area contributed by atoms with E-state index in [1.807, 2.05) is 31.1 Å². The van der Waals surface area contributed by atoms with Gasteiger partial charge in [-0.25, -0.2) is 4.57 Å². The van der Waals surface area contributed by atoms with E-state index in [1.165, 1.54) is 16.7 Å². The summed E-state index contributed by atoms with van der Waals surface area (Å²) in [4.78, 5) is 18.7. The molecule has 4 nitrogen and oxygen atoms in total. The molecule has 5 heteroatoms. The molecule has 0 aliphatic heterocycles. The van der Waals surface area contributed by atoms with Gasteiger partial charge in [-0.2, -0.15) is 0 Å². The number of aldehydes is 1. The Morgan fingerprint density at radius 1 is 0.759 bits per heavy atom. The lowest BCUT2D eigenvalue weighted by molar-refractivity contribution is -0.0980. The Kier molecular flexibility index (Phi) is 11.7. The van der Waals surface area contributed by atoms with E-state index in [2.05, 4.69) is 60.0 Å². The lowest BCUT2D eigenvalue weighted by Gasteiger charge is -2.06. The number of carbonyl (C=O) groups excluding carboxylic acids is 2. The molecule has 0 saturated carbocycles. The zero-order valence-electron chi connectivity index (χ0n) is 16.7. The summed E-state index contributed by atoms with van der Waals surface area (Å²) in [7, 11) is -0.220. The smallest absolute Gasteiger partial charge is 0.307 e. The molecule has 0 radical (unpaired) electrons. The molecule has 0 amide bonds. The lowest BCUT2D eigenvalue weighted by Crippen LogP contribution is -1.83. The molecule has 0 unspecified atom stereocenters. The van der Waals surface area contributed by atoms with Crippen LogP contribution in [0.4, 0.5) is 0 Å². The highest BCUT2D eigenvalue weighted by Crippen LogP contribution is 2.25. The predicted octanol–water partition coefficient (Wildman–Crippen LogP) is 6.44. The highest BCUT2D eigenvalue weighted by molar-refractivity contribution is 7.17. The van der Waals surface area contributed by atoms with Crippen molar-refractivity contribution in [3.8, 4) is 22.3 Å². The predicted molar refractivity (Wildman–Crippen MR) is 118 cm³/mol. The van der Waals surface area contributed by atoms with Gasteiger partial charge >= 0.3 is 8.69 Å². The molecule has 0 aliphatic carbocycles. The normalized spacial score (nSPS) is 9.59. The summed E-state index contributed by atoms with van der Waals surface area (Å²) < 4.78 is 13.5. The molecular weight excluding hydrogens is 383 g/mol. The first-order valence-corrected chi connectivity index (χ1v) is 9.93. The first-order chi connectivity index (χ1) is 14.2. The molecule has 0 aromatic heterocycles. The summed E-state index contributed by atoms with van der Waals surface area (Å²) >= 11 is 0. The van der Waals surface area contributed by atoms with E-state index in [0.717, 1.165) is 23.8 Å². The minimum atomic E-state index is -0.220. The first kappa shape index (κ1) is 24.1. The average molecular weight is 408 g/mol. The highest BCUT2D eigenvalue weighted by atomic mass is 31.1. The van der Waals surface area contributed by atoms with E-state index in [0.29, 0.717) is 12.2 Å². The van der Waals surface area contributed by atoms with E-state index >= 15 is 0 Å². The number of carbonyl (C=O) groups is 2. The Balaban J connectivity index is 0.000000527. The summed E-state index contributed by atoms with van der Waals surface area (Å²) in [6, 6.07) is 24.9. The van der Waals surface area contributed by atoms with Crippen LogP contribution in [-0.2, 0) is 20.3 Å². The Morgan fingerprint density at radius 3 is 1.41 bits per heavy atom. The Morgan fingerprint density at radius 2 is 1.14 bits per heavy atom. The fourth-order valence-electron chi connectivity index (χ4n) is 2.59. The Labute approximate surface area is 173 Å². The van der Waals surface area contributed by atoms with Gasteiger partial charge in [0.05, 0.1) is 6.61 Å². The number of hydrogen-bond acceptors (Lipinski definition) is 4. The van der Waals surface area contributed by atoms with Crippen molar-refractivity contribution in [1.82, 2.24) is 0 Å². The molecule has 29 heavy (non-hydrogen) atoms. The molecule has 0 saturated heterocycles. The molecule has 3 rings (SSSR count). The molecular formula is C24H25O4P. The minimum absolute atomic E-state index is 0.220. The van der Waals surface area contributed by atoms with Crippen molar-refractivity contribution >= 4 is 21.8 Å². The molecule has 3 aromatic carbocycles. The topological polar surface area (TPSA) is 60.4 Å². The molecule has 0 spiro atoms. The van der Waals surface area contributed by atoms with Crippen LogP contribution in [0.25, 0.3) is 22.3 Å². The van der Waals surface area contributed by atoms with Crippen LogP contribution < -0.4 is 0 Å². The molecule has 0 aliphatic rings. The van der Waals surface area contributed by atoms with Gasteiger partial charge in [-0.15, -0.1) is 0 Å². The molecule has 0 bridgehead atoms. The molecule has 0 heterocycles. The van der Waals surface area contributed by atoms with Gasteiger partial charge in [-0.05, 0) is 41.2 Å². The van der Waals surface area contributed by atoms with Crippen LogP contribution in [0, 0.1) is 0 Å². The average Bonchev–Trinajstić information content (AvgIpc) is 2.81. The standard InChI is InChI=1S/C21H18O.C2H5O2P.CH2O/c1-2-16-3-7-18(8-4-16)20-11-13-21(14-12-20)19-9-5-17(15-22)6-10-19;1-2-4-5-3;1-2/h3-15H,2H2,1H3;2H2,1H3;1H2. The van der Waals surface area contributed by atoms with Gasteiger partial charge in [0.25, 0.3) is 0 Å². The number of aryl methyl sites for hydroxylation is 1. The Hall–Kier alpha value is -2.94. The van der Waals surface area contributed by atoms with Crippen LogP contribution in [-0.4, -0.2) is 19.7 Å². The zero-order valence-corrected chi connectivity index (χ0v) is 17.6. The largest absolute Gasteiger partial charge is 0.327 e. The maximum absolute atomic E-state index is 10.7. The van der Waals surface area contributed by atoms with E-state index in [9.17, 15) is 9.36 Å². The third-order valence-electron chi connectivity index (χ3n) is 4.14. The van der Waals surface area contributed by atoms with Crippen LogP contribution in [0.2, 0.25) is 0 Å². The van der Waals surface area contributed by atoms with Crippen molar-refractivity contribution in [3.05, 3.63) is 83.9 Å². The lowest BCUT2D eigenvalue weighted by atomic mass is 9.99. The summed E-state index contributed by atoms with van der Waals surface area (Å²) in [6.45, 7) is 6.47. The van der Waals surface area contributed by atoms with Crippen LogP contribution in [0.15, 0.2) is 72.8 Å². The molecule has 0 fully saturated rings. The van der Waals surface area contributed by atoms with Crippen LogP contribution in [0.5, 0.6) is 0 Å². The number of hydrogen-bond donors (Lipinski definition) is 0. The van der Waals surface area contributed by atoms with E-state index in [1.54, 1.807) is 6.92 Å². The molecule has 3 aromatic rings. The second kappa shape index (κ2) is 14.1. The van der Waals surface area contributed by atoms with Crippen molar-refractivity contribution in [3.63, 3.8) is 0 Å². The third-order valence-corrected chi connectivity index (χ3v) is 4.51. The van der Waals surface area contributed by atoms with Crippen molar-refractivity contribution in [2.75, 3.05) is 6.61 Å². The second-order valence-corrected chi connectivity index (χ2v) is 6.27. The summed E-state index contributed by atoms with van der Waals surface area (Å²) in [5, 5.41) is 0. The van der Waals surface area contributed by atoms with Crippen LogP contribution in [0.1, 0.15) is 29.8 Å². The first-order valence-electron chi connectivity index (χ1n) is 9.20. The van der Waals surface area contributed by atoms with E-state index < -0.39 is 0 Å². The van der Waals surface area contributed by atoms with Crippen LogP contribution in [0.3, 0.4) is 0 Å². The van der Waals surface area contributed by atoms with E-state index in [4.69, 9.17) is 4.79 Å². The summed E-state index contributed by atoms with van der Waals surface area (Å²) in [6.07, 6.45) is 1.93. The quantitative estimate of drug-likeness (QED) is 0.348. The minimum Gasteiger partial charge on any atom is -0.307 e. The zero-order chi connectivity index (χ0) is 21.5. The van der Waals surface area contributed by atoms with Crippen molar-refractivity contribution < 1.29 is 18.7 Å². The summed E-state index contributed by atoms with van der Waals surface area (Å²) in [5.41, 5.74) is 6.80. The summed E-state index contributed by atoms with van der Waals surface area (Å²) in [5.74, 6) is 0. The van der Waals surface area contributed by atoms with Crippen LogP contribution >= 0.6 is 8.69 Å². The van der Waals surface area contributed by atoms with Crippen molar-refractivity contribution in [2.45, 2.75) is 20.3 Å². The third kappa shape index (κ3) is 7.90. The Bertz CT molecular complexity index is 857. The van der Waals surface area contributed by atoms with Gasteiger partial charge in [-0.1, -0.05) is 79.7 Å². The second-order valence-electron chi connectivity index (χ2n) is 5.86. The van der Waals surface area contributed by atoms with Gasteiger partial charge < -0.3 is 4.79 Å². The number of benzene rings is 3. The maximum atomic E-state index is 10.7. The fraction of sp³-hybridized carbons (Fsp3) is 0.167. The SMILES string of the molecule is C=O.CCOP=O.CCc1ccc(-c2ccc(-c3ccc(C=O)cc3)cc2)cc1. The fourth-order valence-corrected chi connectivity index (χ4v) is 2.70. The van der Waals surface area contributed by atoms with Crippen molar-refractivity contribution in [1.29, 1.82) is 0 Å². The highest BCUT2D eigenvalue weighted by Gasteiger charge is 2.01. The van der Waals surface area contributed by atoms with Gasteiger partial charge in [0, 0.05) is 5.56 Å². The van der Waals surface area contributed by atoms with E-state index in [-0.39, 0.29) is 8.69 Å². The van der Waals surface area contributed by atoms with Gasteiger partial charge in [0.2, 0.25) is 0 Å². The van der Waals surface area contributed by atoms with Gasteiger partial charge in [-0.3, -0.25) is 9.32 Å². The monoisotopic (exact) mass is 408 g/mol. The molecule has 150 valence electrons. The maximum Gasteiger partial charge on any atom is 0.327 e. The van der Waals surface area contributed by atoms with Gasteiger partial charge in [0.15, 0.2) is 0 Å². The molecule has 0 N–H and O–H groups in total. The van der Waals surface area contributed by atoms with Gasteiger partial charge in [0.1, 0.15) is 13.1 Å².